The first kappa shape index (κ1) is 11.8. The molecule has 2 aromatic heterocycles. The molecule has 0 atom stereocenters. The van der Waals surface area contributed by atoms with E-state index in [2.05, 4.69) is 37.7 Å². The second-order valence-corrected chi connectivity index (χ2v) is 5.50. The fourth-order valence-corrected chi connectivity index (χ4v) is 2.97. The van der Waals surface area contributed by atoms with E-state index in [0.717, 1.165) is 16.5 Å². The summed E-state index contributed by atoms with van der Waals surface area (Å²) in [5.74, 6) is 0.845. The molecule has 0 radical (unpaired) electrons. The van der Waals surface area contributed by atoms with Gasteiger partial charge < -0.3 is 0 Å². The molecule has 0 bridgehead atoms. The molecule has 0 aromatic carbocycles. The summed E-state index contributed by atoms with van der Waals surface area (Å²) < 4.78 is 3.07. The summed E-state index contributed by atoms with van der Waals surface area (Å²) in [7, 11) is 1.95. The van der Waals surface area contributed by atoms with E-state index in [9.17, 15) is 0 Å². The smallest absolute Gasteiger partial charge is 0.187 e. The third-order valence-electron chi connectivity index (χ3n) is 2.11. The molecule has 2 aromatic rings. The average Bonchev–Trinajstić information content (AvgIpc) is 2.59. The van der Waals surface area contributed by atoms with Crippen LogP contribution in [0.15, 0.2) is 23.7 Å². The molecular weight excluding hydrogens is 335 g/mol. The lowest BCUT2D eigenvalue weighted by atomic mass is 10.4. The van der Waals surface area contributed by atoms with Crippen LogP contribution in [-0.4, -0.2) is 19.7 Å². The Bertz CT molecular complexity index is 461. The van der Waals surface area contributed by atoms with Crippen molar-refractivity contribution >= 4 is 34.4 Å². The summed E-state index contributed by atoms with van der Waals surface area (Å²) in [6.07, 6.45) is 5.54. The van der Waals surface area contributed by atoms with Gasteiger partial charge in [-0.25, -0.2) is 9.97 Å². The van der Waals surface area contributed by atoms with Crippen LogP contribution >= 0.6 is 34.4 Å². The molecule has 2 rings (SSSR count). The molecule has 0 amide bonds. The molecule has 6 heteroatoms. The number of aryl methyl sites for hydroxylation is 2. The predicted molar refractivity (Wildman–Crippen MR) is 72.3 cm³/mol. The lowest BCUT2D eigenvalue weighted by molar-refractivity contribution is 0.735. The highest BCUT2D eigenvalue weighted by Gasteiger charge is 2.07. The first-order chi connectivity index (χ1) is 7.66. The summed E-state index contributed by atoms with van der Waals surface area (Å²) in [6.45, 7) is 1.98. The maximum absolute atomic E-state index is 4.26. The SMILES string of the molecule is Cc1cnc(SCc2c(I)cnn2C)nc1. The highest BCUT2D eigenvalue weighted by Crippen LogP contribution is 2.21. The van der Waals surface area contributed by atoms with Crippen LogP contribution in [0.25, 0.3) is 0 Å². The summed E-state index contributed by atoms with van der Waals surface area (Å²) in [6, 6.07) is 0. The molecule has 0 aliphatic carbocycles. The molecular formula is C10H11IN4S. The van der Waals surface area contributed by atoms with Gasteiger partial charge in [-0.1, -0.05) is 11.8 Å². The van der Waals surface area contributed by atoms with E-state index in [4.69, 9.17) is 0 Å². The Labute approximate surface area is 112 Å². The Hall–Kier alpha value is -0.630. The molecule has 0 saturated heterocycles. The minimum absolute atomic E-state index is 0.808. The number of halogens is 1. The average molecular weight is 346 g/mol. The fourth-order valence-electron chi connectivity index (χ4n) is 1.19. The van der Waals surface area contributed by atoms with Crippen molar-refractivity contribution in [3.63, 3.8) is 0 Å². The van der Waals surface area contributed by atoms with Crippen molar-refractivity contribution in [1.29, 1.82) is 0 Å². The van der Waals surface area contributed by atoms with E-state index in [0.29, 0.717) is 0 Å². The van der Waals surface area contributed by atoms with Crippen LogP contribution in [0.4, 0.5) is 0 Å². The van der Waals surface area contributed by atoms with Crippen LogP contribution < -0.4 is 0 Å². The van der Waals surface area contributed by atoms with E-state index >= 15 is 0 Å². The first-order valence-corrected chi connectivity index (χ1v) is 6.81. The number of rotatable bonds is 3. The zero-order valence-corrected chi connectivity index (χ0v) is 12.0. The number of hydrogen-bond donors (Lipinski definition) is 0. The second-order valence-electron chi connectivity index (χ2n) is 3.39. The van der Waals surface area contributed by atoms with Crippen LogP contribution in [0.1, 0.15) is 11.3 Å². The van der Waals surface area contributed by atoms with E-state index < -0.39 is 0 Å². The highest BCUT2D eigenvalue weighted by molar-refractivity contribution is 14.1. The number of hydrogen-bond acceptors (Lipinski definition) is 4. The van der Waals surface area contributed by atoms with Gasteiger partial charge in [-0.2, -0.15) is 5.10 Å². The predicted octanol–water partition coefficient (Wildman–Crippen LogP) is 2.42. The molecule has 16 heavy (non-hydrogen) atoms. The molecule has 0 saturated carbocycles. The lowest BCUT2D eigenvalue weighted by Gasteiger charge is -2.02. The van der Waals surface area contributed by atoms with Gasteiger partial charge >= 0.3 is 0 Å². The monoisotopic (exact) mass is 346 g/mol. The minimum atomic E-state index is 0.808. The van der Waals surface area contributed by atoms with E-state index in [1.807, 2.05) is 37.2 Å². The zero-order chi connectivity index (χ0) is 11.5. The molecule has 0 aliphatic rings. The second kappa shape index (κ2) is 5.13. The van der Waals surface area contributed by atoms with Crippen LogP contribution in [0.3, 0.4) is 0 Å². The van der Waals surface area contributed by atoms with Crippen molar-refractivity contribution in [1.82, 2.24) is 19.7 Å². The Balaban J connectivity index is 2.05. The quantitative estimate of drug-likeness (QED) is 0.486. The van der Waals surface area contributed by atoms with Crippen LogP contribution in [-0.2, 0) is 12.8 Å². The number of aromatic nitrogens is 4. The van der Waals surface area contributed by atoms with Gasteiger partial charge in [-0.05, 0) is 35.1 Å². The Morgan fingerprint density at radius 3 is 2.56 bits per heavy atom. The standard InChI is InChI=1S/C10H11IN4S/c1-7-3-12-10(13-4-7)16-6-9-8(11)5-14-15(9)2/h3-5H,6H2,1-2H3. The molecule has 0 aliphatic heterocycles. The number of nitrogens with zero attached hydrogens (tertiary/aromatic N) is 4. The maximum atomic E-state index is 4.26. The molecule has 4 nitrogen and oxygen atoms in total. The highest BCUT2D eigenvalue weighted by atomic mass is 127. The van der Waals surface area contributed by atoms with Crippen molar-refractivity contribution in [2.45, 2.75) is 17.8 Å². The molecule has 2 heterocycles. The van der Waals surface area contributed by atoms with Gasteiger partial charge in [-0.3, -0.25) is 4.68 Å². The third kappa shape index (κ3) is 2.73. The zero-order valence-electron chi connectivity index (χ0n) is 9.01. The van der Waals surface area contributed by atoms with Gasteiger partial charge in [0.25, 0.3) is 0 Å². The minimum Gasteiger partial charge on any atom is -0.271 e. The third-order valence-corrected chi connectivity index (χ3v) is 3.89. The fraction of sp³-hybridized carbons (Fsp3) is 0.300. The lowest BCUT2D eigenvalue weighted by Crippen LogP contribution is -1.98. The van der Waals surface area contributed by atoms with Crippen molar-refractivity contribution in [3.05, 3.63) is 33.4 Å². The Morgan fingerprint density at radius 1 is 1.31 bits per heavy atom. The molecule has 0 N–H and O–H groups in total. The van der Waals surface area contributed by atoms with E-state index in [-0.39, 0.29) is 0 Å². The Morgan fingerprint density at radius 2 is 2.00 bits per heavy atom. The van der Waals surface area contributed by atoms with Crippen molar-refractivity contribution in [2.24, 2.45) is 7.05 Å². The summed E-state index contributed by atoms with van der Waals surface area (Å²) in [4.78, 5) is 8.51. The van der Waals surface area contributed by atoms with Crippen LogP contribution in [0.2, 0.25) is 0 Å². The normalized spacial score (nSPS) is 10.7. The van der Waals surface area contributed by atoms with Gasteiger partial charge in [-0.15, -0.1) is 0 Å². The van der Waals surface area contributed by atoms with Gasteiger partial charge in [0, 0.05) is 25.2 Å². The Kier molecular flexibility index (Phi) is 3.80. The molecule has 0 spiro atoms. The van der Waals surface area contributed by atoms with E-state index in [1.54, 1.807) is 11.8 Å². The van der Waals surface area contributed by atoms with E-state index in [1.165, 1.54) is 9.26 Å². The summed E-state index contributed by atoms with van der Waals surface area (Å²) in [5.41, 5.74) is 2.29. The van der Waals surface area contributed by atoms with Gasteiger partial charge in [0.1, 0.15) is 0 Å². The molecule has 84 valence electrons. The first-order valence-electron chi connectivity index (χ1n) is 4.74. The van der Waals surface area contributed by atoms with Crippen molar-refractivity contribution < 1.29 is 0 Å². The van der Waals surface area contributed by atoms with Gasteiger partial charge in [0.15, 0.2) is 5.16 Å². The summed E-state index contributed by atoms with van der Waals surface area (Å²) >= 11 is 3.92. The van der Waals surface area contributed by atoms with Crippen molar-refractivity contribution in [2.75, 3.05) is 0 Å². The molecule has 0 fully saturated rings. The summed E-state index contributed by atoms with van der Waals surface area (Å²) in [5, 5.41) is 5.01. The van der Waals surface area contributed by atoms with Crippen LogP contribution in [0.5, 0.6) is 0 Å². The van der Waals surface area contributed by atoms with Gasteiger partial charge in [0.05, 0.1) is 15.5 Å². The number of thioether (sulfide) groups is 1. The maximum Gasteiger partial charge on any atom is 0.187 e. The van der Waals surface area contributed by atoms with Gasteiger partial charge in [0.2, 0.25) is 0 Å². The van der Waals surface area contributed by atoms with Crippen LogP contribution in [0, 0.1) is 10.5 Å². The largest absolute Gasteiger partial charge is 0.271 e. The van der Waals surface area contributed by atoms with Crippen molar-refractivity contribution in [3.8, 4) is 0 Å². The topological polar surface area (TPSA) is 43.6 Å². The molecule has 0 unspecified atom stereocenters.